The molecule has 1 aromatic carbocycles. The fraction of sp³-hybridized carbons (Fsp3) is 0.333. The molecule has 19 heavy (non-hydrogen) atoms. The van der Waals surface area contributed by atoms with Crippen LogP contribution in [0, 0.1) is 0 Å². The highest BCUT2D eigenvalue weighted by molar-refractivity contribution is 5.92. The van der Waals surface area contributed by atoms with Gasteiger partial charge in [0.15, 0.2) is 0 Å². The van der Waals surface area contributed by atoms with Gasteiger partial charge < -0.3 is 9.47 Å². The van der Waals surface area contributed by atoms with Crippen molar-refractivity contribution in [1.82, 2.24) is 0 Å². The van der Waals surface area contributed by atoms with E-state index < -0.39 is 0 Å². The SMILES string of the molecule is CCOC(=O)/C(C)=C/C=NCc1cccc(OC)c1. The van der Waals surface area contributed by atoms with E-state index in [2.05, 4.69) is 4.99 Å². The third kappa shape index (κ3) is 5.38. The normalized spacial score (nSPS) is 11.6. The molecule has 0 atom stereocenters. The van der Waals surface area contributed by atoms with Crippen molar-refractivity contribution in [2.24, 2.45) is 4.99 Å². The summed E-state index contributed by atoms with van der Waals surface area (Å²) >= 11 is 0. The molecule has 0 unspecified atom stereocenters. The zero-order valence-electron chi connectivity index (χ0n) is 11.6. The zero-order valence-corrected chi connectivity index (χ0v) is 11.6. The van der Waals surface area contributed by atoms with Crippen LogP contribution in [0.15, 0.2) is 40.9 Å². The average Bonchev–Trinajstić information content (AvgIpc) is 2.43. The molecular weight excluding hydrogens is 242 g/mol. The van der Waals surface area contributed by atoms with Crippen molar-refractivity contribution < 1.29 is 14.3 Å². The Kier molecular flexibility index (Phi) is 6.36. The summed E-state index contributed by atoms with van der Waals surface area (Å²) in [6, 6.07) is 7.71. The van der Waals surface area contributed by atoms with Gasteiger partial charge in [-0.25, -0.2) is 4.79 Å². The fourth-order valence-electron chi connectivity index (χ4n) is 1.41. The minimum atomic E-state index is -0.310. The maximum atomic E-state index is 11.3. The lowest BCUT2D eigenvalue weighted by Gasteiger charge is -2.01. The second-order valence-corrected chi connectivity index (χ2v) is 3.91. The van der Waals surface area contributed by atoms with E-state index in [1.165, 1.54) is 0 Å². The molecule has 1 aromatic rings. The first-order valence-electron chi connectivity index (χ1n) is 6.14. The molecule has 0 radical (unpaired) electrons. The number of rotatable bonds is 6. The number of allylic oxidation sites excluding steroid dienone is 1. The maximum absolute atomic E-state index is 11.3. The monoisotopic (exact) mass is 261 g/mol. The molecule has 0 saturated heterocycles. The number of nitrogens with zero attached hydrogens (tertiary/aromatic N) is 1. The Balaban J connectivity index is 2.53. The van der Waals surface area contributed by atoms with Crippen LogP contribution in [0.3, 0.4) is 0 Å². The molecule has 0 aromatic heterocycles. The molecule has 1 rings (SSSR count). The minimum Gasteiger partial charge on any atom is -0.497 e. The third-order valence-electron chi connectivity index (χ3n) is 2.44. The van der Waals surface area contributed by atoms with Crippen LogP contribution in [0.1, 0.15) is 19.4 Å². The summed E-state index contributed by atoms with van der Waals surface area (Å²) in [7, 11) is 1.63. The second-order valence-electron chi connectivity index (χ2n) is 3.91. The summed E-state index contributed by atoms with van der Waals surface area (Å²) in [5.74, 6) is 0.501. The predicted molar refractivity (Wildman–Crippen MR) is 75.6 cm³/mol. The summed E-state index contributed by atoms with van der Waals surface area (Å²) in [4.78, 5) is 15.6. The number of methoxy groups -OCH3 is 1. The van der Waals surface area contributed by atoms with E-state index in [1.54, 1.807) is 33.2 Å². The Morgan fingerprint density at radius 3 is 2.89 bits per heavy atom. The van der Waals surface area contributed by atoms with Gasteiger partial charge in [-0.3, -0.25) is 4.99 Å². The van der Waals surface area contributed by atoms with Gasteiger partial charge in [-0.05, 0) is 37.6 Å². The number of hydrogen-bond donors (Lipinski definition) is 0. The van der Waals surface area contributed by atoms with E-state index >= 15 is 0 Å². The Morgan fingerprint density at radius 2 is 2.21 bits per heavy atom. The van der Waals surface area contributed by atoms with Gasteiger partial charge in [-0.2, -0.15) is 0 Å². The van der Waals surface area contributed by atoms with Crippen LogP contribution in [0.5, 0.6) is 5.75 Å². The second kappa shape index (κ2) is 8.08. The summed E-state index contributed by atoms with van der Waals surface area (Å²) in [5, 5.41) is 0. The molecular formula is C15H19NO3. The van der Waals surface area contributed by atoms with Crippen molar-refractivity contribution in [2.75, 3.05) is 13.7 Å². The van der Waals surface area contributed by atoms with Crippen molar-refractivity contribution in [3.63, 3.8) is 0 Å². The zero-order chi connectivity index (χ0) is 14.1. The average molecular weight is 261 g/mol. The van der Waals surface area contributed by atoms with Crippen molar-refractivity contribution in [3.05, 3.63) is 41.5 Å². The van der Waals surface area contributed by atoms with Crippen molar-refractivity contribution in [3.8, 4) is 5.75 Å². The van der Waals surface area contributed by atoms with Gasteiger partial charge in [-0.1, -0.05) is 12.1 Å². The molecule has 0 saturated carbocycles. The van der Waals surface area contributed by atoms with E-state index in [4.69, 9.17) is 9.47 Å². The van der Waals surface area contributed by atoms with Gasteiger partial charge in [0, 0.05) is 11.8 Å². The van der Waals surface area contributed by atoms with Crippen LogP contribution in [0.2, 0.25) is 0 Å². The molecule has 0 N–H and O–H groups in total. The number of aliphatic imine (C=N–C) groups is 1. The van der Waals surface area contributed by atoms with Gasteiger partial charge >= 0.3 is 5.97 Å². The number of carbonyl (C=O) groups is 1. The number of hydrogen-bond acceptors (Lipinski definition) is 4. The first kappa shape index (κ1) is 15.0. The summed E-state index contributed by atoms with van der Waals surface area (Å²) in [6.45, 7) is 4.41. The first-order valence-corrected chi connectivity index (χ1v) is 6.14. The van der Waals surface area contributed by atoms with Crippen molar-refractivity contribution in [2.45, 2.75) is 20.4 Å². The number of benzene rings is 1. The van der Waals surface area contributed by atoms with E-state index in [0.29, 0.717) is 18.7 Å². The highest BCUT2D eigenvalue weighted by atomic mass is 16.5. The molecule has 4 heteroatoms. The predicted octanol–water partition coefficient (Wildman–Crippen LogP) is 2.78. The van der Waals surface area contributed by atoms with Gasteiger partial charge in [0.25, 0.3) is 0 Å². The maximum Gasteiger partial charge on any atom is 0.333 e. The number of esters is 1. The molecule has 102 valence electrons. The molecule has 0 fully saturated rings. The molecule has 0 bridgehead atoms. The van der Waals surface area contributed by atoms with Gasteiger partial charge in [0.05, 0.1) is 20.3 Å². The molecule has 0 aliphatic heterocycles. The van der Waals surface area contributed by atoms with Crippen molar-refractivity contribution in [1.29, 1.82) is 0 Å². The number of ether oxygens (including phenoxy) is 2. The van der Waals surface area contributed by atoms with Crippen LogP contribution >= 0.6 is 0 Å². The standard InChI is InChI=1S/C15H19NO3/c1-4-19-15(17)12(2)8-9-16-11-13-6-5-7-14(10-13)18-3/h5-10H,4,11H2,1-3H3/b12-8+,16-9?. The molecule has 0 heterocycles. The highest BCUT2D eigenvalue weighted by Crippen LogP contribution is 2.12. The van der Waals surface area contributed by atoms with E-state index in [0.717, 1.165) is 11.3 Å². The Morgan fingerprint density at radius 1 is 1.42 bits per heavy atom. The topological polar surface area (TPSA) is 47.9 Å². The largest absolute Gasteiger partial charge is 0.497 e. The Bertz CT molecular complexity index is 478. The molecule has 0 amide bonds. The third-order valence-corrected chi connectivity index (χ3v) is 2.44. The van der Waals surface area contributed by atoms with Crippen LogP contribution < -0.4 is 4.74 Å². The van der Waals surface area contributed by atoms with Crippen LogP contribution in [-0.4, -0.2) is 25.9 Å². The lowest BCUT2D eigenvalue weighted by Crippen LogP contribution is -2.05. The van der Waals surface area contributed by atoms with Crippen molar-refractivity contribution >= 4 is 12.2 Å². The summed E-state index contributed by atoms with van der Waals surface area (Å²) in [6.07, 6.45) is 3.27. The Labute approximate surface area is 113 Å². The molecule has 0 aliphatic carbocycles. The smallest absolute Gasteiger partial charge is 0.333 e. The number of carbonyl (C=O) groups excluding carboxylic acids is 1. The van der Waals surface area contributed by atoms with Crippen LogP contribution in [0.4, 0.5) is 0 Å². The van der Waals surface area contributed by atoms with Crippen LogP contribution in [0.25, 0.3) is 0 Å². The van der Waals surface area contributed by atoms with Gasteiger partial charge in [0.2, 0.25) is 0 Å². The summed E-state index contributed by atoms with van der Waals surface area (Å²) < 4.78 is 10.00. The van der Waals surface area contributed by atoms with Gasteiger partial charge in [0.1, 0.15) is 5.75 Å². The summed E-state index contributed by atoms with van der Waals surface area (Å²) in [5.41, 5.74) is 1.59. The molecule has 0 aliphatic rings. The van der Waals surface area contributed by atoms with E-state index in [9.17, 15) is 4.79 Å². The lowest BCUT2D eigenvalue weighted by molar-refractivity contribution is -0.138. The van der Waals surface area contributed by atoms with Crippen LogP contribution in [-0.2, 0) is 16.1 Å². The van der Waals surface area contributed by atoms with E-state index in [-0.39, 0.29) is 5.97 Å². The van der Waals surface area contributed by atoms with Gasteiger partial charge in [-0.15, -0.1) is 0 Å². The Hall–Kier alpha value is -2.10. The highest BCUT2D eigenvalue weighted by Gasteiger charge is 2.01. The first-order chi connectivity index (χ1) is 9.17. The lowest BCUT2D eigenvalue weighted by atomic mass is 10.2. The molecule has 4 nitrogen and oxygen atoms in total. The van der Waals surface area contributed by atoms with E-state index in [1.807, 2.05) is 24.3 Å². The fourth-order valence-corrected chi connectivity index (χ4v) is 1.41. The molecule has 0 spiro atoms. The quantitative estimate of drug-likeness (QED) is 0.449. The minimum absolute atomic E-state index is 0.310.